The monoisotopic (exact) mass is 1260 g/mol. The molecule has 0 atom stereocenters. The van der Waals surface area contributed by atoms with Gasteiger partial charge in [-0.25, -0.2) is 49.5 Å². The molecule has 0 saturated carbocycles. The van der Waals surface area contributed by atoms with Crippen molar-refractivity contribution in [3.05, 3.63) is 234 Å². The van der Waals surface area contributed by atoms with Gasteiger partial charge in [-0.15, -0.1) is 4.99 Å². The third-order valence-electron chi connectivity index (χ3n) is 12.5. The molecule has 0 fully saturated rings. The molecule has 426 valence electrons. The fourth-order valence-electron chi connectivity index (χ4n) is 9.26. The van der Waals surface area contributed by atoms with Crippen molar-refractivity contribution in [1.29, 1.82) is 5.26 Å². The first-order valence-corrected chi connectivity index (χ1v) is 27.4. The molecule has 2 amide bonds. The van der Waals surface area contributed by atoms with E-state index in [0.717, 1.165) is 11.1 Å². The molecule has 3 aliphatic rings. The molecule has 3 aliphatic carbocycles. The number of thiocarbonyl (C=S) groups is 3. The number of carbonyl (C=O) groups excluding carboxylic acids is 3. The largest absolute Gasteiger partial charge is 1.00 e. The van der Waals surface area contributed by atoms with E-state index in [4.69, 9.17) is 54.8 Å². The second kappa shape index (κ2) is 35.1. The number of amides is 2. The standard InChI is InChI=1S/C20H16N4O2S.C16H11NO2S.C15H11ClO2.C5H6N4S.C4H5N3.CHNS.K/c25-20(24-19(27)23-18-21-10-5-11-22-18)26-12-17-15-8-3-1-6-13(15)14-7-2-4-9-16(14)17;18-16(17-10-20)19-9-15-13-7-3-1-5-11(13)12-6-2-4-8-14(12)15;16-15(17)18-9-14-12-7-3-1-5-10(12)11-6-2-4-8-13(11)14;6-4(10)9-5-7-2-1-3-8-5;5-4-6-2-1-3-7-4;2-1-3;/h1-11,17H,12H2,(H2,21,22,23,24,25,27);1-8,15H,9H2;1-8,14H,9H2;1-3H,(H3,6,7,8,9,10);1-3H,(H2,5,6,7);3H;/q;;;;;;+1/p-1. The number of rotatable bonds is 8. The molecule has 12 rings (SSSR count). The molecule has 3 heterocycles. The Morgan fingerprint density at radius 3 is 1.14 bits per heavy atom. The first-order chi connectivity index (χ1) is 41.4. The number of hydrogen-bond acceptors (Lipinski definition) is 18. The molecule has 0 bridgehead atoms. The van der Waals surface area contributed by atoms with Crippen LogP contribution in [0.4, 0.5) is 32.2 Å². The number of aliphatic imine (C=N–C) groups is 1. The summed E-state index contributed by atoms with van der Waals surface area (Å²) in [5.41, 5.74) is 23.8. The molecule has 19 nitrogen and oxygen atoms in total. The van der Waals surface area contributed by atoms with Crippen LogP contribution in [0.1, 0.15) is 51.1 Å². The van der Waals surface area contributed by atoms with Crippen LogP contribution >= 0.6 is 48.3 Å². The molecule has 0 spiro atoms. The van der Waals surface area contributed by atoms with Crippen molar-refractivity contribution in [2.45, 2.75) is 17.8 Å². The summed E-state index contributed by atoms with van der Waals surface area (Å²) < 4.78 is 15.5. The third kappa shape index (κ3) is 19.3. The minimum Gasteiger partial charge on any atom is -0.696 e. The van der Waals surface area contributed by atoms with Gasteiger partial charge in [-0.2, -0.15) is 0 Å². The number of nitrogen functional groups attached to an aromatic ring is 1. The van der Waals surface area contributed by atoms with Crippen molar-refractivity contribution in [2.24, 2.45) is 10.7 Å². The molecule has 7 N–H and O–H groups in total. The van der Waals surface area contributed by atoms with Crippen molar-refractivity contribution in [3.8, 4) is 38.8 Å². The minimum absolute atomic E-state index is 0. The van der Waals surface area contributed by atoms with Crippen LogP contribution in [0.25, 0.3) is 33.4 Å². The molecule has 0 saturated heterocycles. The molecule has 3 aromatic heterocycles. The number of ether oxygens (including phenoxy) is 3. The molecule has 86 heavy (non-hydrogen) atoms. The number of thiocyanates is 1. The Hall–Kier alpha value is -8.41. The summed E-state index contributed by atoms with van der Waals surface area (Å²) in [6.45, 7) is 0.772. The van der Waals surface area contributed by atoms with Crippen LogP contribution in [0, 0.1) is 10.7 Å². The number of nitrogens with two attached hydrogens (primary N) is 2. The van der Waals surface area contributed by atoms with Gasteiger partial charge in [0.25, 0.3) is 0 Å². The van der Waals surface area contributed by atoms with Crippen LogP contribution in [0.2, 0.25) is 0 Å². The Labute approximate surface area is 564 Å². The maximum absolute atomic E-state index is 12.1. The van der Waals surface area contributed by atoms with Crippen molar-refractivity contribution < 1.29 is 80.0 Å². The number of alkyl carbamates (subject to hydrolysis) is 1. The average molecular weight is 1260 g/mol. The predicted octanol–water partition coefficient (Wildman–Crippen LogP) is 9.13. The Bertz CT molecular complexity index is 3720. The molecule has 0 radical (unpaired) electrons. The van der Waals surface area contributed by atoms with E-state index >= 15 is 0 Å². The second-order valence-electron chi connectivity index (χ2n) is 17.5. The molecule has 0 unspecified atom stereocenters. The number of hydrogen-bond donors (Lipinski definition) is 5. The zero-order chi connectivity index (χ0) is 60.3. The number of nitrogens with zero attached hydrogens (tertiary/aromatic N) is 8. The van der Waals surface area contributed by atoms with E-state index < -0.39 is 17.6 Å². The number of halogens is 1. The Kier molecular flexibility index (Phi) is 27.3. The number of carbonyl (C=O) groups is 3. The topological polar surface area (TPSA) is 281 Å². The summed E-state index contributed by atoms with van der Waals surface area (Å²) in [4.78, 5) is 60.4. The Morgan fingerprint density at radius 2 is 0.837 bits per heavy atom. The smallest absolute Gasteiger partial charge is 0.696 e. The molecule has 25 heteroatoms. The Morgan fingerprint density at radius 1 is 0.535 bits per heavy atom. The van der Waals surface area contributed by atoms with Gasteiger partial charge in [0.2, 0.25) is 17.8 Å². The fourth-order valence-corrected chi connectivity index (χ4v) is 9.66. The number of nitriles is 1. The van der Waals surface area contributed by atoms with E-state index in [0.29, 0.717) is 17.8 Å². The second-order valence-corrected chi connectivity index (χ2v) is 19.0. The zero-order valence-corrected chi connectivity index (χ0v) is 52.7. The van der Waals surface area contributed by atoms with Crippen LogP contribution in [0.3, 0.4) is 0 Å². The van der Waals surface area contributed by atoms with Crippen LogP contribution in [0.15, 0.2) is 206 Å². The summed E-state index contributed by atoms with van der Waals surface area (Å²) in [5.74, 6) is 1.19. The number of benzene rings is 6. The van der Waals surface area contributed by atoms with Gasteiger partial charge in [0.15, 0.2) is 10.2 Å². The first kappa shape index (κ1) is 66.7. The van der Waals surface area contributed by atoms with Crippen LogP contribution in [-0.2, 0) is 26.8 Å². The van der Waals surface area contributed by atoms with E-state index in [9.17, 15) is 14.4 Å². The number of fused-ring (bicyclic) bond motifs is 9. The summed E-state index contributed by atoms with van der Waals surface area (Å²) in [6.07, 6.45) is 8.25. The summed E-state index contributed by atoms with van der Waals surface area (Å²) in [5, 5.41) is 18.5. The summed E-state index contributed by atoms with van der Waals surface area (Å²) in [6, 6.07) is 54.2. The molecule has 9 aromatic rings. The van der Waals surface area contributed by atoms with Crippen molar-refractivity contribution in [3.63, 3.8) is 0 Å². The van der Waals surface area contributed by atoms with Gasteiger partial charge < -0.3 is 48.9 Å². The molecular weight excluding hydrogens is 1210 g/mol. The minimum atomic E-state index is -0.753. The fraction of sp³-hybridized carbons (Fsp3) is 0.0984. The van der Waals surface area contributed by atoms with Gasteiger partial charge in [-0.3, -0.25) is 5.32 Å². The number of nitrogens with one attached hydrogen (secondary N) is 3. The average Bonchev–Trinajstić information content (AvgIpc) is 1.81. The summed E-state index contributed by atoms with van der Waals surface area (Å²) >= 11 is 23.0. The van der Waals surface area contributed by atoms with Gasteiger partial charge in [-0.1, -0.05) is 151 Å². The van der Waals surface area contributed by atoms with E-state index in [1.165, 1.54) is 61.0 Å². The normalized spacial score (nSPS) is 11.1. The number of isothiocyanates is 1. The van der Waals surface area contributed by atoms with Gasteiger partial charge in [0, 0.05) is 66.5 Å². The van der Waals surface area contributed by atoms with Crippen molar-refractivity contribution in [1.82, 2.24) is 35.2 Å². The summed E-state index contributed by atoms with van der Waals surface area (Å²) in [7, 11) is 0. The van der Waals surface area contributed by atoms with Gasteiger partial charge >= 0.3 is 69.0 Å². The van der Waals surface area contributed by atoms with Crippen LogP contribution < -0.4 is 78.8 Å². The van der Waals surface area contributed by atoms with Crippen molar-refractivity contribution >= 4 is 112 Å². The van der Waals surface area contributed by atoms with E-state index in [-0.39, 0.29) is 99.2 Å². The van der Waals surface area contributed by atoms with Gasteiger partial charge in [-0.05, 0) is 122 Å². The molecular formula is C61H49ClKN13O6S4. The third-order valence-corrected chi connectivity index (χ3v) is 13.0. The van der Waals surface area contributed by atoms with Gasteiger partial charge in [0.05, 0.1) is 5.16 Å². The predicted molar refractivity (Wildman–Crippen MR) is 339 cm³/mol. The van der Waals surface area contributed by atoms with Crippen molar-refractivity contribution in [2.75, 3.05) is 36.2 Å². The number of anilines is 3. The maximum Gasteiger partial charge on any atom is 1.00 e. The molecule has 6 aromatic carbocycles. The van der Waals surface area contributed by atoms with E-state index in [1.54, 1.807) is 55.4 Å². The van der Waals surface area contributed by atoms with Crippen LogP contribution in [-0.4, -0.2) is 82.7 Å². The SMILES string of the molecule is N#C[S-].NC(=S)Nc1ncccn1.Nc1ncccn1.O=C(Cl)OCC1c2ccccc2-c2ccccc21.O=C(N=C=S)OCC1c2ccccc2-c2ccccc21.O=C(NC(=S)Nc1ncccn1)OCC1c2ccccc2-c2ccccc21.[K+]. The zero-order valence-electron chi connectivity index (χ0n) is 45.6. The maximum atomic E-state index is 12.1. The van der Waals surface area contributed by atoms with Crippen LogP contribution in [0.5, 0.6) is 0 Å². The van der Waals surface area contributed by atoms with Gasteiger partial charge in [0.1, 0.15) is 19.8 Å². The molecule has 0 aliphatic heterocycles. The van der Waals surface area contributed by atoms with E-state index in [2.05, 4.69) is 161 Å². The first-order valence-electron chi connectivity index (χ1n) is 25.4. The quantitative estimate of drug-likeness (QED) is 0.0180. The van der Waals surface area contributed by atoms with E-state index in [1.807, 2.05) is 78.0 Å². The Balaban J connectivity index is 0.000000179. The number of aromatic nitrogens is 6.